The molecule has 0 unspecified atom stereocenters. The van der Waals surface area contributed by atoms with Crippen LogP contribution in [-0.4, -0.2) is 48.1 Å². The minimum atomic E-state index is -3.78. The van der Waals surface area contributed by atoms with E-state index in [1.165, 1.54) is 22.5 Å². The monoisotopic (exact) mass is 299 g/mol. The van der Waals surface area contributed by atoms with Gasteiger partial charge in [0.25, 0.3) is 0 Å². The molecule has 1 saturated heterocycles. The first-order valence-corrected chi connectivity index (χ1v) is 7.78. The van der Waals surface area contributed by atoms with Gasteiger partial charge in [-0.3, -0.25) is 0 Å². The van der Waals surface area contributed by atoms with Gasteiger partial charge in [0, 0.05) is 12.6 Å². The zero-order chi connectivity index (χ0) is 14.9. The van der Waals surface area contributed by atoms with Crippen molar-refractivity contribution in [2.45, 2.75) is 30.7 Å². The predicted octanol–water partition coefficient (Wildman–Crippen LogP) is 0.839. The van der Waals surface area contributed by atoms with E-state index in [4.69, 9.17) is 5.11 Å². The molecule has 1 aliphatic heterocycles. The first-order valence-electron chi connectivity index (χ1n) is 6.34. The molecule has 1 aromatic carbocycles. The number of rotatable bonds is 4. The quantitative estimate of drug-likeness (QED) is 0.859. The Morgan fingerprint density at radius 1 is 1.45 bits per heavy atom. The molecule has 1 fully saturated rings. The second-order valence-electron chi connectivity index (χ2n) is 4.88. The van der Waals surface area contributed by atoms with Crippen molar-refractivity contribution < 1.29 is 23.4 Å². The van der Waals surface area contributed by atoms with Gasteiger partial charge in [-0.25, -0.2) is 13.2 Å². The van der Waals surface area contributed by atoms with Crippen LogP contribution in [0.25, 0.3) is 0 Å². The fourth-order valence-electron chi connectivity index (χ4n) is 2.45. The Morgan fingerprint density at radius 3 is 2.75 bits per heavy atom. The second kappa shape index (κ2) is 5.51. The summed E-state index contributed by atoms with van der Waals surface area (Å²) in [5.74, 6) is -1.17. The fourth-order valence-corrected chi connectivity index (χ4v) is 4.38. The molecule has 1 aromatic rings. The van der Waals surface area contributed by atoms with Crippen LogP contribution in [0.15, 0.2) is 23.1 Å². The van der Waals surface area contributed by atoms with E-state index in [1.807, 2.05) is 0 Å². The molecular formula is C13H17NO5S. The standard InChI is InChI=1S/C13H17NO5S/c1-9-4-5-10(13(16)17)7-12(9)20(18,19)14-6-2-3-11(14)8-15/h4-5,7,11,15H,2-3,6,8H2,1H3,(H,16,17)/t11-/m0/s1. The number of hydrogen-bond acceptors (Lipinski definition) is 4. The Balaban J connectivity index is 2.48. The van der Waals surface area contributed by atoms with Crippen LogP contribution in [0.5, 0.6) is 0 Å². The van der Waals surface area contributed by atoms with Gasteiger partial charge in [0.1, 0.15) is 0 Å². The number of aliphatic hydroxyl groups excluding tert-OH is 1. The molecular weight excluding hydrogens is 282 g/mol. The summed E-state index contributed by atoms with van der Waals surface area (Å²) < 4.78 is 26.5. The molecule has 0 aromatic heterocycles. The van der Waals surface area contributed by atoms with Crippen molar-refractivity contribution in [3.05, 3.63) is 29.3 Å². The molecule has 0 amide bonds. The van der Waals surface area contributed by atoms with Crippen LogP contribution in [0.2, 0.25) is 0 Å². The van der Waals surface area contributed by atoms with Gasteiger partial charge < -0.3 is 10.2 Å². The molecule has 2 rings (SSSR count). The number of nitrogens with zero attached hydrogens (tertiary/aromatic N) is 1. The van der Waals surface area contributed by atoms with E-state index >= 15 is 0 Å². The maximum absolute atomic E-state index is 12.6. The molecule has 0 saturated carbocycles. The summed E-state index contributed by atoms with van der Waals surface area (Å²) in [6.45, 7) is 1.75. The van der Waals surface area contributed by atoms with E-state index in [-0.39, 0.29) is 17.1 Å². The average Bonchev–Trinajstić information content (AvgIpc) is 2.87. The van der Waals surface area contributed by atoms with Crippen molar-refractivity contribution in [2.75, 3.05) is 13.2 Å². The van der Waals surface area contributed by atoms with Gasteiger partial charge >= 0.3 is 5.97 Å². The molecule has 7 heteroatoms. The number of aliphatic hydroxyl groups is 1. The number of sulfonamides is 1. The lowest BCUT2D eigenvalue weighted by atomic mass is 10.1. The SMILES string of the molecule is Cc1ccc(C(=O)O)cc1S(=O)(=O)N1CCC[C@H]1CO. The van der Waals surface area contributed by atoms with Gasteiger partial charge in [-0.05, 0) is 37.5 Å². The fraction of sp³-hybridized carbons (Fsp3) is 0.462. The third-order valence-electron chi connectivity index (χ3n) is 3.56. The van der Waals surface area contributed by atoms with Crippen LogP contribution in [-0.2, 0) is 10.0 Å². The highest BCUT2D eigenvalue weighted by Gasteiger charge is 2.35. The molecule has 1 aliphatic rings. The van der Waals surface area contributed by atoms with Crippen LogP contribution >= 0.6 is 0 Å². The van der Waals surface area contributed by atoms with E-state index in [9.17, 15) is 18.3 Å². The maximum Gasteiger partial charge on any atom is 0.335 e. The highest BCUT2D eigenvalue weighted by Crippen LogP contribution is 2.28. The van der Waals surface area contributed by atoms with Crippen molar-refractivity contribution in [3.8, 4) is 0 Å². The smallest absolute Gasteiger partial charge is 0.335 e. The third-order valence-corrected chi connectivity index (χ3v) is 5.65. The maximum atomic E-state index is 12.6. The molecule has 0 aliphatic carbocycles. The molecule has 0 radical (unpaired) electrons. The summed E-state index contributed by atoms with van der Waals surface area (Å²) in [5, 5.41) is 18.2. The first-order chi connectivity index (χ1) is 9.37. The summed E-state index contributed by atoms with van der Waals surface area (Å²) in [6.07, 6.45) is 1.32. The molecule has 20 heavy (non-hydrogen) atoms. The lowest BCUT2D eigenvalue weighted by Crippen LogP contribution is -2.38. The summed E-state index contributed by atoms with van der Waals surface area (Å²) in [4.78, 5) is 11.0. The van der Waals surface area contributed by atoms with E-state index in [0.717, 1.165) is 0 Å². The van der Waals surface area contributed by atoms with Crippen LogP contribution in [0.4, 0.5) is 0 Å². The number of aromatic carboxylic acids is 1. The van der Waals surface area contributed by atoms with E-state index in [1.54, 1.807) is 6.92 Å². The summed E-state index contributed by atoms with van der Waals surface area (Å²) in [7, 11) is -3.78. The summed E-state index contributed by atoms with van der Waals surface area (Å²) >= 11 is 0. The van der Waals surface area contributed by atoms with Crippen LogP contribution in [0, 0.1) is 6.92 Å². The zero-order valence-electron chi connectivity index (χ0n) is 11.1. The predicted molar refractivity (Wildman–Crippen MR) is 72.1 cm³/mol. The van der Waals surface area contributed by atoms with Gasteiger partial charge in [0.15, 0.2) is 0 Å². The van der Waals surface area contributed by atoms with Gasteiger partial charge in [-0.15, -0.1) is 0 Å². The molecule has 6 nitrogen and oxygen atoms in total. The van der Waals surface area contributed by atoms with Gasteiger partial charge in [-0.1, -0.05) is 6.07 Å². The number of hydrogen-bond donors (Lipinski definition) is 2. The zero-order valence-corrected chi connectivity index (χ0v) is 11.9. The molecule has 0 bridgehead atoms. The van der Waals surface area contributed by atoms with Crippen molar-refractivity contribution in [1.82, 2.24) is 4.31 Å². The molecule has 1 atom stereocenters. The number of benzene rings is 1. The molecule has 110 valence electrons. The number of carboxylic acid groups (broad SMARTS) is 1. The highest BCUT2D eigenvalue weighted by atomic mass is 32.2. The van der Waals surface area contributed by atoms with E-state index in [0.29, 0.717) is 24.9 Å². The Labute approximate surface area is 117 Å². The first kappa shape index (κ1) is 15.0. The summed E-state index contributed by atoms with van der Waals surface area (Å²) in [5.41, 5.74) is 0.438. The van der Waals surface area contributed by atoms with E-state index in [2.05, 4.69) is 0 Å². The second-order valence-corrected chi connectivity index (χ2v) is 6.74. The van der Waals surface area contributed by atoms with Gasteiger partial charge in [0.05, 0.1) is 17.1 Å². The lowest BCUT2D eigenvalue weighted by Gasteiger charge is -2.23. The van der Waals surface area contributed by atoms with Crippen LogP contribution < -0.4 is 0 Å². The normalized spacial score (nSPS) is 20.2. The van der Waals surface area contributed by atoms with Crippen LogP contribution in [0.3, 0.4) is 0 Å². The number of carboxylic acids is 1. The van der Waals surface area contributed by atoms with Crippen molar-refractivity contribution in [3.63, 3.8) is 0 Å². The van der Waals surface area contributed by atoms with Gasteiger partial charge in [0.2, 0.25) is 10.0 Å². The Kier molecular flexibility index (Phi) is 4.12. The molecule has 0 spiro atoms. The Bertz CT molecular complexity index is 626. The number of carbonyl (C=O) groups is 1. The van der Waals surface area contributed by atoms with Crippen LogP contribution in [0.1, 0.15) is 28.8 Å². The largest absolute Gasteiger partial charge is 0.478 e. The molecule has 2 N–H and O–H groups in total. The minimum absolute atomic E-state index is 0.00208. The van der Waals surface area contributed by atoms with Crippen molar-refractivity contribution >= 4 is 16.0 Å². The molecule has 1 heterocycles. The van der Waals surface area contributed by atoms with Crippen molar-refractivity contribution in [2.24, 2.45) is 0 Å². The Hall–Kier alpha value is -1.44. The Morgan fingerprint density at radius 2 is 2.15 bits per heavy atom. The average molecular weight is 299 g/mol. The summed E-state index contributed by atoms with van der Waals surface area (Å²) in [6, 6.07) is 3.62. The van der Waals surface area contributed by atoms with E-state index < -0.39 is 22.0 Å². The number of aryl methyl sites for hydroxylation is 1. The topological polar surface area (TPSA) is 94.9 Å². The lowest BCUT2D eigenvalue weighted by molar-refractivity contribution is 0.0696. The van der Waals surface area contributed by atoms with Gasteiger partial charge in [-0.2, -0.15) is 4.31 Å². The minimum Gasteiger partial charge on any atom is -0.478 e. The van der Waals surface area contributed by atoms with Crippen molar-refractivity contribution in [1.29, 1.82) is 0 Å². The third kappa shape index (κ3) is 2.56. The highest BCUT2D eigenvalue weighted by molar-refractivity contribution is 7.89.